The number of nitrogens with zero attached hydrogens (tertiary/aromatic N) is 6. The van der Waals surface area contributed by atoms with Crippen LogP contribution in [0.3, 0.4) is 0 Å². The first-order valence-electron chi connectivity index (χ1n) is 9.62. The fraction of sp³-hybridized carbons (Fsp3) is 0.450. The molecule has 3 heterocycles. The van der Waals surface area contributed by atoms with Gasteiger partial charge in [0, 0.05) is 49.9 Å². The van der Waals surface area contributed by atoms with Crippen LogP contribution in [0.15, 0.2) is 36.9 Å². The predicted octanol–water partition coefficient (Wildman–Crippen LogP) is 3.00. The van der Waals surface area contributed by atoms with Gasteiger partial charge in [-0.2, -0.15) is 5.10 Å². The molecular weight excluding hydrogens is 362 g/mol. The molecule has 0 saturated carbocycles. The number of benzene rings is 1. The van der Waals surface area contributed by atoms with E-state index in [0.717, 1.165) is 37.2 Å². The highest BCUT2D eigenvalue weighted by molar-refractivity contribution is 5.24. The van der Waals surface area contributed by atoms with Gasteiger partial charge in [-0.05, 0) is 18.6 Å². The van der Waals surface area contributed by atoms with Crippen LogP contribution in [0, 0.1) is 11.6 Å². The van der Waals surface area contributed by atoms with Gasteiger partial charge in [-0.15, -0.1) is 0 Å². The van der Waals surface area contributed by atoms with Gasteiger partial charge in [0.05, 0.1) is 19.4 Å². The normalized spacial score (nSPS) is 16.7. The van der Waals surface area contributed by atoms with Gasteiger partial charge in [-0.3, -0.25) is 4.90 Å². The minimum atomic E-state index is -0.562. The third-order valence-corrected chi connectivity index (χ3v) is 5.54. The van der Waals surface area contributed by atoms with E-state index in [-0.39, 0.29) is 12.0 Å². The summed E-state index contributed by atoms with van der Waals surface area (Å²) < 4.78 is 32.0. The lowest BCUT2D eigenvalue weighted by molar-refractivity contribution is 0.131. The number of aryl methyl sites for hydroxylation is 1. The molecule has 0 N–H and O–H groups in total. The van der Waals surface area contributed by atoms with Crippen molar-refractivity contribution < 1.29 is 8.78 Å². The molecule has 28 heavy (non-hydrogen) atoms. The molecule has 0 aliphatic carbocycles. The average molecular weight is 386 g/mol. The van der Waals surface area contributed by atoms with E-state index in [1.165, 1.54) is 6.07 Å². The van der Waals surface area contributed by atoms with E-state index in [1.807, 2.05) is 22.4 Å². The largest absolute Gasteiger partial charge is 0.337 e. The van der Waals surface area contributed by atoms with Crippen molar-refractivity contribution >= 4 is 0 Å². The molecule has 6 nitrogen and oxygen atoms in total. The van der Waals surface area contributed by atoms with E-state index < -0.39 is 11.6 Å². The highest BCUT2D eigenvalue weighted by Gasteiger charge is 2.31. The molecule has 0 amide bonds. The Labute approximate surface area is 162 Å². The van der Waals surface area contributed by atoms with Crippen LogP contribution in [0.25, 0.3) is 0 Å². The average Bonchev–Trinajstić information content (AvgIpc) is 3.34. The molecule has 0 bridgehead atoms. The smallest absolute Gasteiger partial charge is 0.150 e. The minimum absolute atomic E-state index is 0.0258. The number of rotatable bonds is 6. The van der Waals surface area contributed by atoms with Crippen LogP contribution in [0.5, 0.6) is 0 Å². The van der Waals surface area contributed by atoms with Crippen LogP contribution in [0.4, 0.5) is 8.78 Å². The van der Waals surface area contributed by atoms with Gasteiger partial charge in [0.1, 0.15) is 17.5 Å². The van der Waals surface area contributed by atoms with Crippen LogP contribution in [0.2, 0.25) is 0 Å². The number of hydrogen-bond acceptors (Lipinski definition) is 4. The van der Waals surface area contributed by atoms with E-state index in [0.29, 0.717) is 18.7 Å². The van der Waals surface area contributed by atoms with E-state index >= 15 is 0 Å². The molecule has 1 aliphatic rings. The number of hydrogen-bond donors (Lipinski definition) is 0. The van der Waals surface area contributed by atoms with Crippen molar-refractivity contribution in [2.24, 2.45) is 0 Å². The van der Waals surface area contributed by atoms with Gasteiger partial charge in [-0.25, -0.2) is 23.4 Å². The standard InChI is InChI=1S/C20H24F2N6/c1-3-19-24-20-12-27(8-9-28(20)25-19)14(2)17(11-26-7-6-23-13-26)16-5-4-15(21)10-18(16)22/h4-7,10,13-14,17H,3,8-9,11-12H2,1-2H3. The van der Waals surface area contributed by atoms with Crippen LogP contribution in [-0.4, -0.2) is 41.8 Å². The van der Waals surface area contributed by atoms with Gasteiger partial charge < -0.3 is 4.57 Å². The number of fused-ring (bicyclic) bond motifs is 1. The van der Waals surface area contributed by atoms with Crippen molar-refractivity contribution in [1.82, 2.24) is 29.2 Å². The first-order valence-corrected chi connectivity index (χ1v) is 9.62. The van der Waals surface area contributed by atoms with Crippen molar-refractivity contribution in [3.63, 3.8) is 0 Å². The van der Waals surface area contributed by atoms with Crippen LogP contribution >= 0.6 is 0 Å². The summed E-state index contributed by atoms with van der Waals surface area (Å²) in [5, 5.41) is 4.52. The van der Waals surface area contributed by atoms with Crippen molar-refractivity contribution in [3.05, 3.63) is 65.8 Å². The molecule has 2 aromatic heterocycles. The van der Waals surface area contributed by atoms with Crippen molar-refractivity contribution in [1.29, 1.82) is 0 Å². The topological polar surface area (TPSA) is 51.8 Å². The Balaban J connectivity index is 1.62. The van der Waals surface area contributed by atoms with Gasteiger partial charge in [-0.1, -0.05) is 13.0 Å². The van der Waals surface area contributed by atoms with Crippen molar-refractivity contribution in [3.8, 4) is 0 Å². The SMILES string of the molecule is CCc1nc2n(n1)CCN(C(C)C(Cn1ccnc1)c1ccc(F)cc1F)C2. The molecule has 148 valence electrons. The van der Waals surface area contributed by atoms with Crippen molar-refractivity contribution in [2.45, 2.75) is 51.9 Å². The predicted molar refractivity (Wildman–Crippen MR) is 101 cm³/mol. The summed E-state index contributed by atoms with van der Waals surface area (Å²) in [5.74, 6) is 0.564. The van der Waals surface area contributed by atoms with E-state index in [1.54, 1.807) is 18.6 Å². The van der Waals surface area contributed by atoms with E-state index in [9.17, 15) is 8.78 Å². The second kappa shape index (κ2) is 7.79. The number of aromatic nitrogens is 5. The third-order valence-electron chi connectivity index (χ3n) is 5.54. The lowest BCUT2D eigenvalue weighted by atomic mass is 9.90. The Morgan fingerprint density at radius 3 is 2.79 bits per heavy atom. The molecule has 0 radical (unpaired) electrons. The maximum absolute atomic E-state index is 14.6. The first kappa shape index (κ1) is 18.7. The van der Waals surface area contributed by atoms with Gasteiger partial charge in [0.15, 0.2) is 5.82 Å². The first-order chi connectivity index (χ1) is 13.5. The maximum Gasteiger partial charge on any atom is 0.150 e. The van der Waals surface area contributed by atoms with Crippen LogP contribution in [0.1, 0.15) is 37.0 Å². The quantitative estimate of drug-likeness (QED) is 0.654. The minimum Gasteiger partial charge on any atom is -0.337 e. The van der Waals surface area contributed by atoms with Crippen molar-refractivity contribution in [2.75, 3.05) is 6.54 Å². The summed E-state index contributed by atoms with van der Waals surface area (Å²) in [5.41, 5.74) is 0.517. The fourth-order valence-corrected chi connectivity index (χ4v) is 3.89. The highest BCUT2D eigenvalue weighted by atomic mass is 19.1. The molecule has 3 aromatic rings. The van der Waals surface area contributed by atoms with Crippen LogP contribution in [-0.2, 0) is 26.1 Å². The van der Waals surface area contributed by atoms with E-state index in [4.69, 9.17) is 0 Å². The summed E-state index contributed by atoms with van der Waals surface area (Å²) in [6.07, 6.45) is 6.10. The second-order valence-corrected chi connectivity index (χ2v) is 7.26. The Morgan fingerprint density at radius 1 is 1.21 bits per heavy atom. The third kappa shape index (κ3) is 3.69. The molecule has 8 heteroatoms. The van der Waals surface area contributed by atoms with E-state index in [2.05, 4.69) is 26.9 Å². The second-order valence-electron chi connectivity index (χ2n) is 7.26. The molecule has 1 aliphatic heterocycles. The Bertz CT molecular complexity index is 936. The zero-order chi connectivity index (χ0) is 19.7. The Kier molecular flexibility index (Phi) is 5.21. The molecule has 1 aromatic carbocycles. The zero-order valence-electron chi connectivity index (χ0n) is 16.1. The Hall–Kier alpha value is -2.61. The molecule has 0 fully saturated rings. The fourth-order valence-electron chi connectivity index (χ4n) is 3.89. The summed E-state index contributed by atoms with van der Waals surface area (Å²) in [4.78, 5) is 11.0. The molecule has 2 atom stereocenters. The summed E-state index contributed by atoms with van der Waals surface area (Å²) in [7, 11) is 0. The monoisotopic (exact) mass is 386 g/mol. The van der Waals surface area contributed by atoms with Gasteiger partial charge in [0.25, 0.3) is 0 Å². The molecule has 0 spiro atoms. The maximum atomic E-state index is 14.6. The lowest BCUT2D eigenvalue weighted by Crippen LogP contribution is -2.44. The highest BCUT2D eigenvalue weighted by Crippen LogP contribution is 2.30. The number of imidazole rings is 1. The van der Waals surface area contributed by atoms with Crippen LogP contribution < -0.4 is 0 Å². The molecule has 4 rings (SSSR count). The molecular formula is C20H24F2N6. The summed E-state index contributed by atoms with van der Waals surface area (Å²) in [6, 6.07) is 3.87. The Morgan fingerprint density at radius 2 is 2.07 bits per heavy atom. The lowest BCUT2D eigenvalue weighted by Gasteiger charge is -2.37. The molecule has 0 saturated heterocycles. The van der Waals surface area contributed by atoms with Gasteiger partial charge in [0.2, 0.25) is 0 Å². The van der Waals surface area contributed by atoms with Gasteiger partial charge >= 0.3 is 0 Å². The number of halogens is 2. The zero-order valence-corrected chi connectivity index (χ0v) is 16.1. The summed E-state index contributed by atoms with van der Waals surface area (Å²) in [6.45, 7) is 6.93. The molecule has 2 unspecified atom stereocenters. The summed E-state index contributed by atoms with van der Waals surface area (Å²) >= 11 is 0.